The molecule has 0 unspecified atom stereocenters. The van der Waals surface area contributed by atoms with E-state index in [-0.39, 0.29) is 17.1 Å². The molecule has 0 aromatic heterocycles. The number of aliphatic imine (C=N–C) groups is 3. The van der Waals surface area contributed by atoms with Crippen molar-refractivity contribution < 1.29 is 14.4 Å². The van der Waals surface area contributed by atoms with E-state index in [1.165, 1.54) is 36.4 Å². The SMILES string of the molecule is O=C=Nc1cc(N=C=O)cc(N=C=O)c1. The van der Waals surface area contributed by atoms with E-state index in [0.717, 1.165) is 0 Å². The molecule has 6 heteroatoms. The number of isocyanates is 3. The minimum atomic E-state index is 0.190. The Morgan fingerprint density at radius 1 is 0.667 bits per heavy atom. The average Bonchev–Trinajstić information content (AvgIpc) is 2.19. The van der Waals surface area contributed by atoms with Crippen LogP contribution < -0.4 is 0 Å². The van der Waals surface area contributed by atoms with Crippen molar-refractivity contribution in [2.24, 2.45) is 15.0 Å². The van der Waals surface area contributed by atoms with Crippen molar-refractivity contribution in [2.45, 2.75) is 0 Å². The molecule has 1 aromatic rings. The first-order chi connectivity index (χ1) is 7.30. The Balaban J connectivity index is 3.36. The molecule has 0 N–H and O–H groups in total. The highest BCUT2D eigenvalue weighted by atomic mass is 16.1. The van der Waals surface area contributed by atoms with Crippen molar-refractivity contribution in [3.63, 3.8) is 0 Å². The summed E-state index contributed by atoms with van der Waals surface area (Å²) in [6.45, 7) is 0. The lowest BCUT2D eigenvalue weighted by molar-refractivity contribution is 0.565. The fourth-order valence-electron chi connectivity index (χ4n) is 0.931. The molecule has 0 aliphatic heterocycles. The lowest BCUT2D eigenvalue weighted by Crippen LogP contribution is -1.69. The van der Waals surface area contributed by atoms with Gasteiger partial charge in [0.2, 0.25) is 18.2 Å². The maximum absolute atomic E-state index is 10.0. The molecule has 0 amide bonds. The number of hydrogen-bond donors (Lipinski definition) is 0. The fourth-order valence-corrected chi connectivity index (χ4v) is 0.931. The molecule has 0 saturated carbocycles. The van der Waals surface area contributed by atoms with Gasteiger partial charge in [-0.1, -0.05) is 0 Å². The summed E-state index contributed by atoms with van der Waals surface area (Å²) in [5.74, 6) is 0. The van der Waals surface area contributed by atoms with Crippen LogP contribution >= 0.6 is 0 Å². The second-order valence-corrected chi connectivity index (χ2v) is 2.32. The van der Waals surface area contributed by atoms with Crippen LogP contribution in [0.25, 0.3) is 0 Å². The third-order valence-electron chi connectivity index (χ3n) is 1.41. The van der Waals surface area contributed by atoms with E-state index in [1.54, 1.807) is 0 Å². The molecule has 1 rings (SSSR count). The maximum atomic E-state index is 10.0. The van der Waals surface area contributed by atoms with E-state index >= 15 is 0 Å². The molecule has 0 saturated heterocycles. The molecule has 72 valence electrons. The highest BCUT2D eigenvalue weighted by molar-refractivity contribution is 5.66. The first kappa shape index (κ1) is 10.4. The summed E-state index contributed by atoms with van der Waals surface area (Å²) in [4.78, 5) is 39.9. The van der Waals surface area contributed by atoms with E-state index in [4.69, 9.17) is 0 Å². The zero-order chi connectivity index (χ0) is 11.1. The van der Waals surface area contributed by atoms with E-state index in [9.17, 15) is 14.4 Å². The summed E-state index contributed by atoms with van der Waals surface area (Å²) in [7, 11) is 0. The third kappa shape index (κ3) is 2.95. The predicted molar refractivity (Wildman–Crippen MR) is 49.8 cm³/mol. The monoisotopic (exact) mass is 201 g/mol. The van der Waals surface area contributed by atoms with Gasteiger partial charge in [-0.15, -0.1) is 0 Å². The second-order valence-electron chi connectivity index (χ2n) is 2.32. The normalized spacial score (nSPS) is 8.00. The van der Waals surface area contributed by atoms with Gasteiger partial charge in [0.25, 0.3) is 0 Å². The third-order valence-corrected chi connectivity index (χ3v) is 1.41. The van der Waals surface area contributed by atoms with Crippen LogP contribution in [0.4, 0.5) is 17.1 Å². The van der Waals surface area contributed by atoms with Crippen molar-refractivity contribution in [1.29, 1.82) is 0 Å². The lowest BCUT2D eigenvalue weighted by atomic mass is 10.2. The van der Waals surface area contributed by atoms with Crippen molar-refractivity contribution in [3.8, 4) is 0 Å². The Morgan fingerprint density at radius 2 is 0.933 bits per heavy atom. The lowest BCUT2D eigenvalue weighted by Gasteiger charge is -1.95. The largest absolute Gasteiger partial charge is 0.240 e. The van der Waals surface area contributed by atoms with Crippen LogP contribution in [0.1, 0.15) is 0 Å². The Bertz CT molecular complexity index is 431. The maximum Gasteiger partial charge on any atom is 0.240 e. The number of carbonyl (C=O) groups excluding carboxylic acids is 3. The van der Waals surface area contributed by atoms with Crippen LogP contribution in [0.15, 0.2) is 33.2 Å². The average molecular weight is 201 g/mol. The molecule has 0 radical (unpaired) electrons. The first-order valence-electron chi connectivity index (χ1n) is 3.69. The van der Waals surface area contributed by atoms with Crippen LogP contribution in [0.3, 0.4) is 0 Å². The molecule has 1 aromatic carbocycles. The molecule has 0 spiro atoms. The van der Waals surface area contributed by atoms with Gasteiger partial charge in [-0.25, -0.2) is 14.4 Å². The Hall–Kier alpha value is -2.64. The minimum Gasteiger partial charge on any atom is -0.211 e. The molecule has 0 fully saturated rings. The number of nitrogens with zero attached hydrogens (tertiary/aromatic N) is 3. The van der Waals surface area contributed by atoms with Crippen LogP contribution in [0.5, 0.6) is 0 Å². The van der Waals surface area contributed by atoms with Gasteiger partial charge < -0.3 is 0 Å². The second kappa shape index (κ2) is 5.17. The van der Waals surface area contributed by atoms with Gasteiger partial charge in [0, 0.05) is 0 Å². The van der Waals surface area contributed by atoms with Crippen molar-refractivity contribution in [3.05, 3.63) is 18.2 Å². The fraction of sp³-hybridized carbons (Fsp3) is 0. The molecule has 0 atom stereocenters. The summed E-state index contributed by atoms with van der Waals surface area (Å²) < 4.78 is 0. The smallest absolute Gasteiger partial charge is 0.211 e. The van der Waals surface area contributed by atoms with E-state index < -0.39 is 0 Å². The summed E-state index contributed by atoms with van der Waals surface area (Å²) in [6.07, 6.45) is 3.95. The van der Waals surface area contributed by atoms with Gasteiger partial charge in [-0.05, 0) is 18.2 Å². The van der Waals surface area contributed by atoms with Crippen molar-refractivity contribution >= 4 is 35.3 Å². The standard InChI is InChI=1S/C9H3N3O3/c13-4-10-7-1-8(11-5-14)3-9(2-7)12-6-15/h1-3H. The molecule has 0 aliphatic carbocycles. The summed E-state index contributed by atoms with van der Waals surface area (Å²) in [6, 6.07) is 4.04. The Morgan fingerprint density at radius 3 is 1.13 bits per heavy atom. The molecular formula is C9H3N3O3. The van der Waals surface area contributed by atoms with Gasteiger partial charge in [0.1, 0.15) is 0 Å². The Kier molecular flexibility index (Phi) is 3.60. The van der Waals surface area contributed by atoms with Gasteiger partial charge in [0.15, 0.2) is 0 Å². The van der Waals surface area contributed by atoms with Crippen LogP contribution in [-0.2, 0) is 14.4 Å². The van der Waals surface area contributed by atoms with E-state index in [0.29, 0.717) is 0 Å². The number of hydrogen-bond acceptors (Lipinski definition) is 6. The molecule has 0 bridgehead atoms. The molecule has 0 heterocycles. The first-order valence-corrected chi connectivity index (χ1v) is 3.69. The van der Waals surface area contributed by atoms with Gasteiger partial charge in [-0.2, -0.15) is 15.0 Å². The van der Waals surface area contributed by atoms with Crippen LogP contribution in [0, 0.1) is 0 Å². The van der Waals surface area contributed by atoms with Gasteiger partial charge in [0.05, 0.1) is 17.1 Å². The predicted octanol–water partition coefficient (Wildman–Crippen LogP) is 1.59. The summed E-state index contributed by atoms with van der Waals surface area (Å²) in [5, 5.41) is 0. The van der Waals surface area contributed by atoms with Crippen LogP contribution in [0.2, 0.25) is 0 Å². The molecule has 6 nitrogen and oxygen atoms in total. The minimum absolute atomic E-state index is 0.190. The summed E-state index contributed by atoms with van der Waals surface area (Å²) >= 11 is 0. The van der Waals surface area contributed by atoms with Crippen molar-refractivity contribution in [2.75, 3.05) is 0 Å². The highest BCUT2D eigenvalue weighted by Crippen LogP contribution is 2.27. The van der Waals surface area contributed by atoms with Gasteiger partial charge >= 0.3 is 0 Å². The van der Waals surface area contributed by atoms with Gasteiger partial charge in [-0.3, -0.25) is 0 Å². The quantitative estimate of drug-likeness (QED) is 0.549. The van der Waals surface area contributed by atoms with Crippen molar-refractivity contribution in [1.82, 2.24) is 0 Å². The molecular weight excluding hydrogens is 198 g/mol. The molecule has 0 aliphatic rings. The Labute approximate surface area is 83.7 Å². The summed E-state index contributed by atoms with van der Waals surface area (Å²) in [5.41, 5.74) is 0.571. The zero-order valence-corrected chi connectivity index (χ0v) is 7.30. The number of benzene rings is 1. The van der Waals surface area contributed by atoms with Crippen LogP contribution in [-0.4, -0.2) is 18.2 Å². The molecule has 15 heavy (non-hydrogen) atoms. The highest BCUT2D eigenvalue weighted by Gasteiger charge is 1.98. The van der Waals surface area contributed by atoms with E-state index in [2.05, 4.69) is 15.0 Å². The topological polar surface area (TPSA) is 88.3 Å². The zero-order valence-electron chi connectivity index (χ0n) is 7.30. The number of rotatable bonds is 3. The van der Waals surface area contributed by atoms with E-state index in [1.807, 2.05) is 0 Å².